The number of halogens is 3. The molecule has 0 bridgehead atoms. The number of rotatable bonds is 0. The number of benzene rings is 1. The van der Waals surface area contributed by atoms with Gasteiger partial charge in [-0.1, -0.05) is 11.6 Å². The Bertz CT molecular complexity index is 239. The minimum atomic E-state index is 0.183. The second-order valence-corrected chi connectivity index (χ2v) is 3.81. The van der Waals surface area contributed by atoms with Crippen LogP contribution in [-0.2, 0) is 0 Å². The second-order valence-electron chi connectivity index (χ2n) is 1.72. The van der Waals surface area contributed by atoms with Crippen molar-refractivity contribution in [1.29, 1.82) is 0 Å². The molecular weight excluding hydrogens is 283 g/mol. The van der Waals surface area contributed by atoms with Crippen LogP contribution in [0.5, 0.6) is 5.75 Å². The molecule has 0 fully saturated rings. The molecule has 1 rings (SSSR count). The van der Waals surface area contributed by atoms with Crippen molar-refractivity contribution < 1.29 is 5.11 Å². The van der Waals surface area contributed by atoms with Gasteiger partial charge in [0.15, 0.2) is 0 Å². The molecule has 0 saturated heterocycles. The van der Waals surface area contributed by atoms with Crippen molar-refractivity contribution >= 4 is 43.5 Å². The van der Waals surface area contributed by atoms with Gasteiger partial charge in [-0.2, -0.15) is 0 Å². The zero-order valence-electron chi connectivity index (χ0n) is 4.74. The molecule has 0 saturated carbocycles. The summed E-state index contributed by atoms with van der Waals surface area (Å²) in [4.78, 5) is 0. The van der Waals surface area contributed by atoms with Gasteiger partial charge < -0.3 is 5.11 Å². The third-order valence-corrected chi connectivity index (χ3v) is 3.08. The van der Waals surface area contributed by atoms with Gasteiger partial charge in [0.1, 0.15) is 5.75 Å². The van der Waals surface area contributed by atoms with E-state index in [1.807, 2.05) is 0 Å². The minimum Gasteiger partial charge on any atom is -0.508 e. The van der Waals surface area contributed by atoms with E-state index in [1.165, 1.54) is 12.1 Å². The SMILES string of the molecule is Oc1cc(Br)c(Cl)c(Br)c1. The molecule has 0 aliphatic carbocycles. The zero-order valence-corrected chi connectivity index (χ0v) is 8.66. The first-order chi connectivity index (χ1) is 4.61. The highest BCUT2D eigenvalue weighted by molar-refractivity contribution is 9.11. The van der Waals surface area contributed by atoms with Gasteiger partial charge in [-0.3, -0.25) is 0 Å². The van der Waals surface area contributed by atoms with Crippen molar-refractivity contribution in [3.63, 3.8) is 0 Å². The molecule has 0 atom stereocenters. The largest absolute Gasteiger partial charge is 0.508 e. The van der Waals surface area contributed by atoms with Gasteiger partial charge in [0.2, 0.25) is 0 Å². The van der Waals surface area contributed by atoms with E-state index < -0.39 is 0 Å². The maximum absolute atomic E-state index is 9.00. The van der Waals surface area contributed by atoms with Crippen LogP contribution >= 0.6 is 43.5 Å². The van der Waals surface area contributed by atoms with Crippen LogP contribution in [0.2, 0.25) is 5.02 Å². The predicted octanol–water partition coefficient (Wildman–Crippen LogP) is 3.57. The molecule has 10 heavy (non-hydrogen) atoms. The van der Waals surface area contributed by atoms with Crippen LogP contribution in [0, 0.1) is 0 Å². The van der Waals surface area contributed by atoms with Gasteiger partial charge in [0.25, 0.3) is 0 Å². The molecular formula is C6H3Br2ClO. The molecule has 1 N–H and O–H groups in total. The molecule has 4 heteroatoms. The molecule has 54 valence electrons. The molecule has 1 aromatic carbocycles. The van der Waals surface area contributed by atoms with Gasteiger partial charge in [0.05, 0.1) is 5.02 Å². The van der Waals surface area contributed by atoms with Gasteiger partial charge in [0, 0.05) is 8.95 Å². The van der Waals surface area contributed by atoms with Crippen LogP contribution in [0.3, 0.4) is 0 Å². The normalized spacial score (nSPS) is 9.90. The lowest BCUT2D eigenvalue weighted by Gasteiger charge is -1.98. The van der Waals surface area contributed by atoms with E-state index in [1.54, 1.807) is 0 Å². The lowest BCUT2D eigenvalue weighted by atomic mass is 10.3. The maximum Gasteiger partial charge on any atom is 0.117 e. The van der Waals surface area contributed by atoms with Gasteiger partial charge in [-0.25, -0.2) is 0 Å². The van der Waals surface area contributed by atoms with E-state index in [2.05, 4.69) is 31.9 Å². The Labute approximate surface area is 80.3 Å². The van der Waals surface area contributed by atoms with Crippen molar-refractivity contribution in [3.8, 4) is 5.75 Å². The summed E-state index contributed by atoms with van der Waals surface area (Å²) in [6.07, 6.45) is 0. The number of hydrogen-bond donors (Lipinski definition) is 1. The molecule has 0 radical (unpaired) electrons. The highest BCUT2D eigenvalue weighted by Crippen LogP contribution is 2.33. The standard InChI is InChI=1S/C6H3Br2ClO/c7-4-1-3(10)2-5(8)6(4)9/h1-2,10H. The molecule has 0 spiro atoms. The topological polar surface area (TPSA) is 20.2 Å². The first-order valence-corrected chi connectivity index (χ1v) is 4.41. The predicted molar refractivity (Wildman–Crippen MR) is 48.5 cm³/mol. The fourth-order valence-corrected chi connectivity index (χ4v) is 1.81. The quantitative estimate of drug-likeness (QED) is 0.723. The highest BCUT2D eigenvalue weighted by Gasteiger charge is 2.02. The van der Waals surface area contributed by atoms with E-state index in [9.17, 15) is 0 Å². The van der Waals surface area contributed by atoms with Crippen molar-refractivity contribution in [1.82, 2.24) is 0 Å². The van der Waals surface area contributed by atoms with Gasteiger partial charge >= 0.3 is 0 Å². The van der Waals surface area contributed by atoms with E-state index in [0.717, 1.165) is 0 Å². The molecule has 0 aromatic heterocycles. The fraction of sp³-hybridized carbons (Fsp3) is 0. The Balaban J connectivity index is 3.31. The number of aromatic hydroxyl groups is 1. The second kappa shape index (κ2) is 3.11. The fourth-order valence-electron chi connectivity index (χ4n) is 0.542. The summed E-state index contributed by atoms with van der Waals surface area (Å²) in [5.74, 6) is 0.183. The molecule has 0 aliphatic heterocycles. The average molecular weight is 286 g/mol. The van der Waals surface area contributed by atoms with Crippen molar-refractivity contribution in [2.45, 2.75) is 0 Å². The zero-order chi connectivity index (χ0) is 7.72. The Kier molecular flexibility index (Phi) is 2.61. The molecule has 1 aromatic rings. The lowest BCUT2D eigenvalue weighted by Crippen LogP contribution is -1.71. The molecule has 1 nitrogen and oxygen atoms in total. The summed E-state index contributed by atoms with van der Waals surface area (Å²) in [6.45, 7) is 0. The minimum absolute atomic E-state index is 0.183. The van der Waals surface area contributed by atoms with Crippen LogP contribution in [0.25, 0.3) is 0 Å². The van der Waals surface area contributed by atoms with Crippen molar-refractivity contribution in [2.75, 3.05) is 0 Å². The van der Waals surface area contributed by atoms with E-state index in [4.69, 9.17) is 16.7 Å². The van der Waals surface area contributed by atoms with Crippen LogP contribution in [0.15, 0.2) is 21.1 Å². The Morgan fingerprint density at radius 3 is 2.00 bits per heavy atom. The average Bonchev–Trinajstić information content (AvgIpc) is 1.82. The monoisotopic (exact) mass is 284 g/mol. The Morgan fingerprint density at radius 1 is 1.20 bits per heavy atom. The summed E-state index contributed by atoms with van der Waals surface area (Å²) in [6, 6.07) is 3.07. The van der Waals surface area contributed by atoms with Crippen LogP contribution in [0.4, 0.5) is 0 Å². The Morgan fingerprint density at radius 2 is 1.60 bits per heavy atom. The summed E-state index contributed by atoms with van der Waals surface area (Å²) in [5, 5.41) is 9.57. The summed E-state index contributed by atoms with van der Waals surface area (Å²) >= 11 is 12.1. The first kappa shape index (κ1) is 8.37. The molecule has 0 aliphatic rings. The highest BCUT2D eigenvalue weighted by atomic mass is 79.9. The summed E-state index contributed by atoms with van der Waals surface area (Å²) in [7, 11) is 0. The first-order valence-electron chi connectivity index (χ1n) is 2.45. The molecule has 0 heterocycles. The molecule has 0 amide bonds. The van der Waals surface area contributed by atoms with E-state index in [0.29, 0.717) is 14.0 Å². The third-order valence-electron chi connectivity index (χ3n) is 0.969. The molecule has 0 unspecified atom stereocenters. The van der Waals surface area contributed by atoms with Gasteiger partial charge in [-0.05, 0) is 44.0 Å². The number of phenols is 1. The van der Waals surface area contributed by atoms with Crippen LogP contribution in [-0.4, -0.2) is 5.11 Å². The number of phenolic OH excluding ortho intramolecular Hbond substituents is 1. The smallest absolute Gasteiger partial charge is 0.117 e. The van der Waals surface area contributed by atoms with E-state index >= 15 is 0 Å². The van der Waals surface area contributed by atoms with Crippen molar-refractivity contribution in [2.24, 2.45) is 0 Å². The van der Waals surface area contributed by atoms with Crippen LogP contribution < -0.4 is 0 Å². The van der Waals surface area contributed by atoms with E-state index in [-0.39, 0.29) is 5.75 Å². The third kappa shape index (κ3) is 1.65. The number of hydrogen-bond acceptors (Lipinski definition) is 1. The lowest BCUT2D eigenvalue weighted by molar-refractivity contribution is 0.474. The van der Waals surface area contributed by atoms with Crippen molar-refractivity contribution in [3.05, 3.63) is 26.1 Å². The summed E-state index contributed by atoms with van der Waals surface area (Å²) in [5.41, 5.74) is 0. The van der Waals surface area contributed by atoms with Crippen LogP contribution in [0.1, 0.15) is 0 Å². The summed E-state index contributed by atoms with van der Waals surface area (Å²) < 4.78 is 1.36. The van der Waals surface area contributed by atoms with Gasteiger partial charge in [-0.15, -0.1) is 0 Å². The maximum atomic E-state index is 9.00. The Hall–Kier alpha value is 0.270.